The summed E-state index contributed by atoms with van der Waals surface area (Å²) in [6.07, 6.45) is 4.36. The van der Waals surface area contributed by atoms with E-state index in [-0.39, 0.29) is 18.5 Å². The average Bonchev–Trinajstić information content (AvgIpc) is 2.99. The molecule has 2 N–H and O–H groups in total. The van der Waals surface area contributed by atoms with E-state index >= 15 is 0 Å². The minimum atomic E-state index is -0.190. The number of hydrogen-bond donors (Lipinski definition) is 2. The number of benzene rings is 1. The fourth-order valence-electron chi connectivity index (χ4n) is 3.53. The van der Waals surface area contributed by atoms with Crippen molar-refractivity contribution in [2.24, 2.45) is 0 Å². The number of aliphatic hydroxyl groups is 1. The van der Waals surface area contributed by atoms with Crippen LogP contribution in [-0.2, 0) is 13.0 Å². The molecule has 2 aliphatic rings. The summed E-state index contributed by atoms with van der Waals surface area (Å²) < 4.78 is 0. The number of aliphatic hydroxyl groups excluding tert-OH is 1. The van der Waals surface area contributed by atoms with E-state index in [0.29, 0.717) is 6.04 Å². The number of nitrogens with zero attached hydrogens (tertiary/aromatic N) is 1. The first-order valence-electron chi connectivity index (χ1n) is 7.51. The Balaban J connectivity index is 0.00000147. The van der Waals surface area contributed by atoms with Crippen LogP contribution in [0.25, 0.3) is 0 Å². The van der Waals surface area contributed by atoms with Crippen molar-refractivity contribution in [2.75, 3.05) is 18.4 Å². The molecule has 2 heterocycles. The fourth-order valence-corrected chi connectivity index (χ4v) is 3.53. The van der Waals surface area contributed by atoms with Crippen LogP contribution in [0, 0.1) is 0 Å². The van der Waals surface area contributed by atoms with Gasteiger partial charge in [-0.15, -0.1) is 12.4 Å². The molecular weight excluding hydrogens is 272 g/mol. The summed E-state index contributed by atoms with van der Waals surface area (Å²) in [5, 5.41) is 13.1. The van der Waals surface area contributed by atoms with E-state index in [2.05, 4.69) is 28.4 Å². The number of likely N-dealkylation sites (tertiary alicyclic amines) is 1. The maximum Gasteiger partial charge on any atom is 0.0527 e. The van der Waals surface area contributed by atoms with Crippen LogP contribution in [0.5, 0.6) is 0 Å². The second kappa shape index (κ2) is 6.79. The molecule has 112 valence electrons. The molecule has 0 aromatic heterocycles. The summed E-state index contributed by atoms with van der Waals surface area (Å²) >= 11 is 0. The monoisotopic (exact) mass is 296 g/mol. The van der Waals surface area contributed by atoms with Gasteiger partial charge in [0.25, 0.3) is 0 Å². The Morgan fingerprint density at radius 3 is 3.10 bits per heavy atom. The summed E-state index contributed by atoms with van der Waals surface area (Å²) in [4.78, 5) is 2.54. The second-order valence-electron chi connectivity index (χ2n) is 5.98. The standard InChI is InChI=1S/C16H24N2O.ClH/c1-12(19)10-15-6-3-9-18(15)11-14-5-2-4-13-7-8-17-16(13)14;/h2,4-5,12,15,17,19H,3,6-11H2,1H3;1H. The lowest BCUT2D eigenvalue weighted by molar-refractivity contribution is 0.131. The Kier molecular flexibility index (Phi) is 5.30. The first kappa shape index (κ1) is 15.6. The van der Waals surface area contributed by atoms with Gasteiger partial charge in [0, 0.05) is 24.8 Å². The van der Waals surface area contributed by atoms with Crippen LogP contribution in [0.4, 0.5) is 5.69 Å². The fraction of sp³-hybridized carbons (Fsp3) is 0.625. The molecule has 0 spiro atoms. The van der Waals surface area contributed by atoms with Crippen LogP contribution in [-0.4, -0.2) is 35.2 Å². The highest BCUT2D eigenvalue weighted by molar-refractivity contribution is 5.85. The van der Waals surface area contributed by atoms with Crippen LogP contribution in [0.15, 0.2) is 18.2 Å². The van der Waals surface area contributed by atoms with E-state index in [1.807, 2.05) is 6.92 Å². The third-order valence-corrected chi connectivity index (χ3v) is 4.42. The molecule has 0 saturated carbocycles. The predicted molar refractivity (Wildman–Crippen MR) is 85.6 cm³/mol. The second-order valence-corrected chi connectivity index (χ2v) is 5.98. The van der Waals surface area contributed by atoms with Crippen molar-refractivity contribution in [3.05, 3.63) is 29.3 Å². The van der Waals surface area contributed by atoms with Gasteiger partial charge in [-0.3, -0.25) is 4.90 Å². The van der Waals surface area contributed by atoms with Crippen molar-refractivity contribution >= 4 is 18.1 Å². The van der Waals surface area contributed by atoms with Gasteiger partial charge < -0.3 is 10.4 Å². The van der Waals surface area contributed by atoms with Crippen LogP contribution < -0.4 is 5.32 Å². The highest BCUT2D eigenvalue weighted by Crippen LogP contribution is 2.30. The number of halogens is 1. The molecule has 0 amide bonds. The quantitative estimate of drug-likeness (QED) is 0.897. The lowest BCUT2D eigenvalue weighted by Crippen LogP contribution is -2.31. The molecule has 1 aromatic carbocycles. The van der Waals surface area contributed by atoms with E-state index in [0.717, 1.165) is 25.9 Å². The third-order valence-electron chi connectivity index (χ3n) is 4.42. The molecule has 1 aromatic rings. The summed E-state index contributed by atoms with van der Waals surface area (Å²) in [5.41, 5.74) is 4.25. The molecule has 3 nitrogen and oxygen atoms in total. The van der Waals surface area contributed by atoms with Crippen molar-refractivity contribution in [1.29, 1.82) is 0 Å². The van der Waals surface area contributed by atoms with Gasteiger partial charge in [-0.1, -0.05) is 18.2 Å². The zero-order valence-corrected chi connectivity index (χ0v) is 13.0. The van der Waals surface area contributed by atoms with Gasteiger partial charge in [0.15, 0.2) is 0 Å². The van der Waals surface area contributed by atoms with E-state index in [1.54, 1.807) is 0 Å². The number of fused-ring (bicyclic) bond motifs is 1. The summed E-state index contributed by atoms with van der Waals surface area (Å²) in [7, 11) is 0. The van der Waals surface area contributed by atoms with E-state index in [4.69, 9.17) is 0 Å². The van der Waals surface area contributed by atoms with Gasteiger partial charge in [0.1, 0.15) is 0 Å². The molecule has 0 bridgehead atoms. The van der Waals surface area contributed by atoms with Gasteiger partial charge >= 0.3 is 0 Å². The normalized spacial score (nSPS) is 23.0. The number of anilines is 1. The van der Waals surface area contributed by atoms with Gasteiger partial charge in [0.05, 0.1) is 6.10 Å². The van der Waals surface area contributed by atoms with Gasteiger partial charge in [0.2, 0.25) is 0 Å². The minimum Gasteiger partial charge on any atom is -0.393 e. The van der Waals surface area contributed by atoms with Gasteiger partial charge in [-0.05, 0) is 50.3 Å². The summed E-state index contributed by atoms with van der Waals surface area (Å²) in [5.74, 6) is 0. The number of nitrogens with one attached hydrogen (secondary N) is 1. The maximum absolute atomic E-state index is 9.61. The third kappa shape index (κ3) is 3.27. The first-order chi connectivity index (χ1) is 9.24. The number of para-hydroxylation sites is 1. The smallest absolute Gasteiger partial charge is 0.0527 e. The maximum atomic E-state index is 9.61. The first-order valence-corrected chi connectivity index (χ1v) is 7.51. The molecule has 2 unspecified atom stereocenters. The molecular formula is C16H25ClN2O. The molecule has 3 rings (SSSR count). The summed E-state index contributed by atoms with van der Waals surface area (Å²) in [6.45, 7) is 5.16. The molecule has 4 heteroatoms. The van der Waals surface area contributed by atoms with E-state index in [9.17, 15) is 5.11 Å². The SMILES string of the molecule is CC(O)CC1CCCN1Cc1cccc2c1NCC2.Cl. The number of rotatable bonds is 4. The van der Waals surface area contributed by atoms with Crippen LogP contribution in [0.1, 0.15) is 37.3 Å². The lowest BCUT2D eigenvalue weighted by atomic mass is 10.0. The zero-order chi connectivity index (χ0) is 13.2. The highest BCUT2D eigenvalue weighted by atomic mass is 35.5. The largest absolute Gasteiger partial charge is 0.393 e. The van der Waals surface area contributed by atoms with Crippen LogP contribution >= 0.6 is 12.4 Å². The minimum absolute atomic E-state index is 0. The van der Waals surface area contributed by atoms with Crippen molar-refractivity contribution in [3.63, 3.8) is 0 Å². The molecule has 0 aliphatic carbocycles. The highest BCUT2D eigenvalue weighted by Gasteiger charge is 2.26. The lowest BCUT2D eigenvalue weighted by Gasteiger charge is -2.26. The Morgan fingerprint density at radius 1 is 1.45 bits per heavy atom. The average molecular weight is 297 g/mol. The molecule has 2 aliphatic heterocycles. The predicted octanol–water partition coefficient (Wildman–Crippen LogP) is 2.81. The molecule has 20 heavy (non-hydrogen) atoms. The molecule has 1 saturated heterocycles. The molecule has 1 fully saturated rings. The van der Waals surface area contributed by atoms with Gasteiger partial charge in [-0.25, -0.2) is 0 Å². The molecule has 0 radical (unpaired) electrons. The van der Waals surface area contributed by atoms with Crippen LogP contribution in [0.3, 0.4) is 0 Å². The van der Waals surface area contributed by atoms with Crippen molar-refractivity contribution in [2.45, 2.75) is 51.3 Å². The van der Waals surface area contributed by atoms with Crippen LogP contribution in [0.2, 0.25) is 0 Å². The Labute approximate surface area is 127 Å². The Hall–Kier alpha value is -0.770. The van der Waals surface area contributed by atoms with Crippen molar-refractivity contribution < 1.29 is 5.11 Å². The number of hydrogen-bond acceptors (Lipinski definition) is 3. The van der Waals surface area contributed by atoms with Crippen molar-refractivity contribution in [1.82, 2.24) is 4.90 Å². The van der Waals surface area contributed by atoms with E-state index < -0.39 is 0 Å². The van der Waals surface area contributed by atoms with Gasteiger partial charge in [-0.2, -0.15) is 0 Å². The topological polar surface area (TPSA) is 35.5 Å². The van der Waals surface area contributed by atoms with E-state index in [1.165, 1.54) is 36.2 Å². The Bertz CT molecular complexity index is 450. The molecule has 2 atom stereocenters. The Morgan fingerprint density at radius 2 is 2.30 bits per heavy atom. The van der Waals surface area contributed by atoms with Crippen molar-refractivity contribution in [3.8, 4) is 0 Å². The summed E-state index contributed by atoms with van der Waals surface area (Å²) in [6, 6.07) is 7.21. The zero-order valence-electron chi connectivity index (χ0n) is 12.1.